The number of amides is 3. The number of nitrogens with one attached hydrogen (secondary N) is 3. The molecule has 0 radical (unpaired) electrons. The van der Waals surface area contributed by atoms with Crippen LogP contribution in [0.25, 0.3) is 6.08 Å². The standard InChI is InChI=1S/C34H33N3O6S/c1-22(32(38)36-29-17-16-27(42-3)21-31(29)43-4)44-28-15-9-13-25(20-28)35-34(40)30(19-23-10-8-14-26(18-23)41-2)37-33(39)24-11-6-5-7-12-24/h5-22H,1-4H3,(H,35,40)(H,36,38)(H,37,39)/b30-19-. The second-order valence-electron chi connectivity index (χ2n) is 9.45. The van der Waals surface area contributed by atoms with Gasteiger partial charge in [-0.1, -0.05) is 36.4 Å². The lowest BCUT2D eigenvalue weighted by Crippen LogP contribution is -2.30. The van der Waals surface area contributed by atoms with Crippen molar-refractivity contribution < 1.29 is 28.6 Å². The van der Waals surface area contributed by atoms with Gasteiger partial charge in [0.1, 0.15) is 22.9 Å². The van der Waals surface area contributed by atoms with Crippen molar-refractivity contribution in [2.75, 3.05) is 32.0 Å². The average Bonchev–Trinajstić information content (AvgIpc) is 3.05. The first-order valence-corrected chi connectivity index (χ1v) is 14.5. The van der Waals surface area contributed by atoms with Crippen LogP contribution in [0.15, 0.2) is 108 Å². The summed E-state index contributed by atoms with van der Waals surface area (Å²) in [5.41, 5.74) is 2.15. The van der Waals surface area contributed by atoms with E-state index in [0.717, 1.165) is 4.90 Å². The smallest absolute Gasteiger partial charge is 0.272 e. The maximum atomic E-state index is 13.5. The second kappa shape index (κ2) is 15.3. The Balaban J connectivity index is 1.48. The fraction of sp³-hybridized carbons (Fsp3) is 0.147. The Morgan fingerprint density at radius 1 is 0.750 bits per heavy atom. The highest BCUT2D eigenvalue weighted by atomic mass is 32.2. The number of methoxy groups -OCH3 is 3. The summed E-state index contributed by atoms with van der Waals surface area (Å²) < 4.78 is 15.9. The fourth-order valence-electron chi connectivity index (χ4n) is 4.08. The van der Waals surface area contributed by atoms with Gasteiger partial charge in [0.2, 0.25) is 5.91 Å². The van der Waals surface area contributed by atoms with Crippen LogP contribution in [-0.2, 0) is 9.59 Å². The summed E-state index contributed by atoms with van der Waals surface area (Å²) in [6.07, 6.45) is 1.58. The quantitative estimate of drug-likeness (QED) is 0.128. The minimum Gasteiger partial charge on any atom is -0.497 e. The van der Waals surface area contributed by atoms with Gasteiger partial charge in [-0.15, -0.1) is 11.8 Å². The summed E-state index contributed by atoms with van der Waals surface area (Å²) in [6, 6.07) is 28.1. The number of hydrogen-bond acceptors (Lipinski definition) is 7. The van der Waals surface area contributed by atoms with E-state index in [1.807, 2.05) is 12.1 Å². The molecule has 0 saturated heterocycles. The largest absolute Gasteiger partial charge is 0.497 e. The zero-order valence-electron chi connectivity index (χ0n) is 24.8. The molecule has 0 heterocycles. The Kier molecular flexibility index (Phi) is 11.0. The predicted molar refractivity (Wildman–Crippen MR) is 173 cm³/mol. The Bertz CT molecular complexity index is 1660. The summed E-state index contributed by atoms with van der Waals surface area (Å²) in [5, 5.41) is 8.01. The van der Waals surface area contributed by atoms with E-state index in [2.05, 4.69) is 16.0 Å². The lowest BCUT2D eigenvalue weighted by atomic mass is 10.1. The molecule has 0 fully saturated rings. The zero-order chi connectivity index (χ0) is 31.5. The van der Waals surface area contributed by atoms with Crippen LogP contribution < -0.4 is 30.2 Å². The lowest BCUT2D eigenvalue weighted by molar-refractivity contribution is -0.115. The third kappa shape index (κ3) is 8.65. The molecule has 4 rings (SSSR count). The van der Waals surface area contributed by atoms with Crippen molar-refractivity contribution in [1.82, 2.24) is 5.32 Å². The molecule has 3 amide bonds. The van der Waals surface area contributed by atoms with Gasteiger partial charge in [0.05, 0.1) is 32.3 Å². The van der Waals surface area contributed by atoms with E-state index in [1.165, 1.54) is 18.9 Å². The first-order chi connectivity index (χ1) is 21.3. The first kappa shape index (κ1) is 31.7. The van der Waals surface area contributed by atoms with Crippen LogP contribution in [0.4, 0.5) is 11.4 Å². The Hall–Kier alpha value is -5.22. The van der Waals surface area contributed by atoms with Crippen LogP contribution in [-0.4, -0.2) is 44.3 Å². The van der Waals surface area contributed by atoms with E-state index in [-0.39, 0.29) is 11.6 Å². The number of carbonyl (C=O) groups excluding carboxylic acids is 3. The van der Waals surface area contributed by atoms with Crippen LogP contribution in [0, 0.1) is 0 Å². The molecule has 226 valence electrons. The molecular formula is C34H33N3O6S. The van der Waals surface area contributed by atoms with Gasteiger partial charge in [-0.25, -0.2) is 0 Å². The van der Waals surface area contributed by atoms with E-state index in [9.17, 15) is 14.4 Å². The molecule has 10 heteroatoms. The van der Waals surface area contributed by atoms with Crippen molar-refractivity contribution in [2.45, 2.75) is 17.1 Å². The number of anilines is 2. The van der Waals surface area contributed by atoms with Gasteiger partial charge in [0, 0.05) is 22.2 Å². The van der Waals surface area contributed by atoms with Crippen molar-refractivity contribution in [2.24, 2.45) is 0 Å². The summed E-state index contributed by atoms with van der Waals surface area (Å²) in [5.74, 6) is 0.546. The molecule has 0 aliphatic carbocycles. The molecule has 9 nitrogen and oxygen atoms in total. The molecule has 3 N–H and O–H groups in total. The van der Waals surface area contributed by atoms with Crippen LogP contribution in [0.2, 0.25) is 0 Å². The topological polar surface area (TPSA) is 115 Å². The monoisotopic (exact) mass is 611 g/mol. The van der Waals surface area contributed by atoms with Crippen molar-refractivity contribution in [3.05, 3.63) is 114 Å². The van der Waals surface area contributed by atoms with E-state index in [4.69, 9.17) is 14.2 Å². The molecule has 0 aliphatic heterocycles. The Labute approximate surface area is 260 Å². The highest BCUT2D eigenvalue weighted by molar-refractivity contribution is 8.00. The van der Waals surface area contributed by atoms with Gasteiger partial charge in [0.25, 0.3) is 11.8 Å². The lowest BCUT2D eigenvalue weighted by Gasteiger charge is -2.16. The second-order valence-corrected chi connectivity index (χ2v) is 10.9. The molecule has 1 unspecified atom stereocenters. The molecule has 0 bridgehead atoms. The van der Waals surface area contributed by atoms with Gasteiger partial charge < -0.3 is 30.2 Å². The van der Waals surface area contributed by atoms with Crippen molar-refractivity contribution in [3.8, 4) is 17.2 Å². The predicted octanol–water partition coefficient (Wildman–Crippen LogP) is 6.24. The van der Waals surface area contributed by atoms with Crippen molar-refractivity contribution in [1.29, 1.82) is 0 Å². The third-order valence-electron chi connectivity index (χ3n) is 6.37. The molecule has 4 aromatic rings. The number of carbonyl (C=O) groups is 3. The van der Waals surface area contributed by atoms with Crippen LogP contribution >= 0.6 is 11.8 Å². The van der Waals surface area contributed by atoms with Crippen LogP contribution in [0.5, 0.6) is 17.2 Å². The van der Waals surface area contributed by atoms with Gasteiger partial charge >= 0.3 is 0 Å². The molecular weight excluding hydrogens is 578 g/mol. The number of thioether (sulfide) groups is 1. The minimum atomic E-state index is -0.517. The van der Waals surface area contributed by atoms with Gasteiger partial charge in [-0.2, -0.15) is 0 Å². The van der Waals surface area contributed by atoms with Gasteiger partial charge in [0.15, 0.2) is 0 Å². The van der Waals surface area contributed by atoms with Crippen molar-refractivity contribution >= 4 is 46.9 Å². The van der Waals surface area contributed by atoms with E-state index in [0.29, 0.717) is 39.8 Å². The molecule has 0 aromatic heterocycles. The maximum absolute atomic E-state index is 13.5. The average molecular weight is 612 g/mol. The third-order valence-corrected chi connectivity index (χ3v) is 7.47. The van der Waals surface area contributed by atoms with E-state index < -0.39 is 17.1 Å². The SMILES string of the molecule is COc1cccc(/C=C(\NC(=O)c2ccccc2)C(=O)Nc2cccc(SC(C)C(=O)Nc3ccc(OC)cc3OC)c2)c1. The highest BCUT2D eigenvalue weighted by Gasteiger charge is 2.19. The maximum Gasteiger partial charge on any atom is 0.272 e. The van der Waals surface area contributed by atoms with Gasteiger partial charge in [-0.05, 0) is 73.2 Å². The first-order valence-electron chi connectivity index (χ1n) is 13.6. The van der Waals surface area contributed by atoms with E-state index in [1.54, 1.807) is 112 Å². The van der Waals surface area contributed by atoms with Crippen LogP contribution in [0.1, 0.15) is 22.8 Å². The molecule has 44 heavy (non-hydrogen) atoms. The fourth-order valence-corrected chi connectivity index (χ4v) is 5.01. The van der Waals surface area contributed by atoms with E-state index >= 15 is 0 Å². The van der Waals surface area contributed by atoms with Crippen molar-refractivity contribution in [3.63, 3.8) is 0 Å². The molecule has 0 aliphatic rings. The number of hydrogen-bond donors (Lipinski definition) is 3. The number of rotatable bonds is 12. The normalized spacial score (nSPS) is 11.6. The molecule has 0 spiro atoms. The number of benzene rings is 4. The minimum absolute atomic E-state index is 0.0475. The summed E-state index contributed by atoms with van der Waals surface area (Å²) >= 11 is 1.33. The molecule has 4 aromatic carbocycles. The molecule has 1 atom stereocenters. The molecule has 0 saturated carbocycles. The van der Waals surface area contributed by atoms with Crippen LogP contribution in [0.3, 0.4) is 0 Å². The summed E-state index contributed by atoms with van der Waals surface area (Å²) in [6.45, 7) is 1.79. The summed E-state index contributed by atoms with van der Waals surface area (Å²) in [4.78, 5) is 40.2. The van der Waals surface area contributed by atoms with Gasteiger partial charge in [-0.3, -0.25) is 14.4 Å². The Morgan fingerprint density at radius 2 is 1.48 bits per heavy atom. The summed E-state index contributed by atoms with van der Waals surface area (Å²) in [7, 11) is 4.63. The Morgan fingerprint density at radius 3 is 2.20 bits per heavy atom. The highest BCUT2D eigenvalue weighted by Crippen LogP contribution is 2.31. The number of ether oxygens (including phenoxy) is 3. The zero-order valence-corrected chi connectivity index (χ0v) is 25.6.